The summed E-state index contributed by atoms with van der Waals surface area (Å²) in [6.07, 6.45) is 5.39. The van der Waals surface area contributed by atoms with Crippen molar-refractivity contribution < 1.29 is 23.5 Å². The van der Waals surface area contributed by atoms with Crippen LogP contribution in [0, 0.1) is 11.6 Å². The van der Waals surface area contributed by atoms with Crippen LogP contribution in [0.25, 0.3) is 0 Å². The van der Waals surface area contributed by atoms with E-state index >= 15 is 0 Å². The predicted molar refractivity (Wildman–Crippen MR) is 113 cm³/mol. The molecule has 5 rings (SSSR count). The third kappa shape index (κ3) is 3.37. The van der Waals surface area contributed by atoms with Crippen LogP contribution in [-0.4, -0.2) is 43.1 Å². The standard InChI is InChI=1S/C22H21F2N3O4S/c23-12-6-5-11(14(24)7-12)8-25-21(30)13-9-26-10-17-27(15-3-1-2-4-16(15)32-17)22(31)18(26)20(29)19(13)28/h5-7,9,15-17,29H,1-4,8,10H2,(H,25,30)/t15-,16+,17?/m0/s1. The van der Waals surface area contributed by atoms with Crippen molar-refractivity contribution in [2.75, 3.05) is 0 Å². The number of carbonyl (C=O) groups excluding carboxylic acids is 2. The molecule has 1 saturated carbocycles. The molecule has 0 bridgehead atoms. The number of halogens is 2. The summed E-state index contributed by atoms with van der Waals surface area (Å²) in [6, 6.07) is 3.07. The van der Waals surface area contributed by atoms with E-state index in [0.717, 1.165) is 31.7 Å². The quantitative estimate of drug-likeness (QED) is 0.733. The number of amides is 2. The zero-order valence-corrected chi connectivity index (χ0v) is 17.8. The number of carbonyl (C=O) groups is 2. The van der Waals surface area contributed by atoms with Crippen LogP contribution in [-0.2, 0) is 13.1 Å². The second-order valence-electron chi connectivity index (χ2n) is 8.33. The highest BCUT2D eigenvalue weighted by atomic mass is 32.2. The van der Waals surface area contributed by atoms with Crippen molar-refractivity contribution >= 4 is 23.6 Å². The SMILES string of the molecule is O=C(NCc1ccc(F)cc1F)c1cn2c(c(O)c1=O)C(=O)N1C(C2)S[C@@H]2CCCC[C@@H]21. The Hall–Kier alpha value is -2.88. The first-order chi connectivity index (χ1) is 15.3. The van der Waals surface area contributed by atoms with Gasteiger partial charge in [-0.1, -0.05) is 18.9 Å². The molecule has 2 amide bonds. The molecule has 2 aliphatic heterocycles. The molecular formula is C22H21F2N3O4S. The third-order valence-corrected chi connectivity index (χ3v) is 8.00. The van der Waals surface area contributed by atoms with Crippen LogP contribution in [0.3, 0.4) is 0 Å². The first-order valence-corrected chi connectivity index (χ1v) is 11.5. The summed E-state index contributed by atoms with van der Waals surface area (Å²) in [6.45, 7) is 0.0981. The molecule has 3 atom stereocenters. The van der Waals surface area contributed by atoms with Crippen LogP contribution < -0.4 is 10.7 Å². The molecule has 2 N–H and O–H groups in total. The van der Waals surface area contributed by atoms with Gasteiger partial charge in [0, 0.05) is 35.7 Å². The molecule has 1 aromatic heterocycles. The number of benzene rings is 1. The average molecular weight is 461 g/mol. The van der Waals surface area contributed by atoms with Crippen LogP contribution in [0.4, 0.5) is 8.78 Å². The van der Waals surface area contributed by atoms with Gasteiger partial charge in [-0.15, -0.1) is 11.8 Å². The van der Waals surface area contributed by atoms with E-state index in [0.29, 0.717) is 17.9 Å². The van der Waals surface area contributed by atoms with Gasteiger partial charge in [-0.25, -0.2) is 8.78 Å². The van der Waals surface area contributed by atoms with Gasteiger partial charge in [0.2, 0.25) is 5.43 Å². The van der Waals surface area contributed by atoms with Gasteiger partial charge in [-0.3, -0.25) is 14.4 Å². The minimum absolute atomic E-state index is 0.0535. The van der Waals surface area contributed by atoms with E-state index in [1.165, 1.54) is 16.8 Å². The summed E-state index contributed by atoms with van der Waals surface area (Å²) in [4.78, 5) is 40.3. The monoisotopic (exact) mass is 461 g/mol. The summed E-state index contributed by atoms with van der Waals surface area (Å²) in [7, 11) is 0. The van der Waals surface area contributed by atoms with Gasteiger partial charge in [0.05, 0.1) is 11.9 Å². The molecule has 1 aromatic carbocycles. The number of aromatic nitrogens is 1. The Labute approximate surface area is 186 Å². The number of thioether (sulfide) groups is 1. The van der Waals surface area contributed by atoms with Crippen LogP contribution in [0.2, 0.25) is 0 Å². The van der Waals surface area contributed by atoms with Crippen LogP contribution >= 0.6 is 11.8 Å². The van der Waals surface area contributed by atoms with E-state index in [2.05, 4.69) is 5.32 Å². The first kappa shape index (κ1) is 21.0. The number of aromatic hydroxyl groups is 1. The van der Waals surface area contributed by atoms with Crippen molar-refractivity contribution in [2.24, 2.45) is 0 Å². The molecule has 2 fully saturated rings. The minimum Gasteiger partial charge on any atom is -0.503 e. The molecule has 3 heterocycles. The van der Waals surface area contributed by atoms with E-state index < -0.39 is 34.6 Å². The van der Waals surface area contributed by atoms with Crippen molar-refractivity contribution in [3.05, 3.63) is 63.1 Å². The largest absolute Gasteiger partial charge is 0.503 e. The molecule has 0 spiro atoms. The Morgan fingerprint density at radius 3 is 2.78 bits per heavy atom. The molecule has 32 heavy (non-hydrogen) atoms. The lowest BCUT2D eigenvalue weighted by Crippen LogP contribution is -2.50. The zero-order valence-electron chi connectivity index (χ0n) is 17.0. The molecule has 10 heteroatoms. The number of nitrogens with one attached hydrogen (secondary N) is 1. The summed E-state index contributed by atoms with van der Waals surface area (Å²) in [5, 5.41) is 13.2. The Kier molecular flexibility index (Phi) is 5.19. The maximum atomic E-state index is 13.8. The summed E-state index contributed by atoms with van der Waals surface area (Å²) < 4.78 is 28.4. The van der Waals surface area contributed by atoms with E-state index in [1.54, 1.807) is 16.7 Å². The maximum absolute atomic E-state index is 13.8. The van der Waals surface area contributed by atoms with Crippen LogP contribution in [0.1, 0.15) is 52.1 Å². The number of rotatable bonds is 3. The second-order valence-corrected chi connectivity index (χ2v) is 9.76. The average Bonchev–Trinajstić information content (AvgIpc) is 3.14. The van der Waals surface area contributed by atoms with E-state index in [4.69, 9.17) is 0 Å². The van der Waals surface area contributed by atoms with Gasteiger partial charge >= 0.3 is 0 Å². The van der Waals surface area contributed by atoms with Gasteiger partial charge in [0.15, 0.2) is 11.4 Å². The number of fused-ring (bicyclic) bond motifs is 4. The number of nitrogens with zero attached hydrogens (tertiary/aromatic N) is 2. The van der Waals surface area contributed by atoms with Gasteiger partial charge in [0.1, 0.15) is 17.2 Å². The number of hydrogen-bond acceptors (Lipinski definition) is 5. The fourth-order valence-corrected chi connectivity index (χ4v) is 6.64. The van der Waals surface area contributed by atoms with Crippen molar-refractivity contribution in [1.29, 1.82) is 0 Å². The van der Waals surface area contributed by atoms with E-state index in [1.807, 2.05) is 0 Å². The third-order valence-electron chi connectivity index (χ3n) is 6.41. The summed E-state index contributed by atoms with van der Waals surface area (Å²) in [5.74, 6) is -3.51. The highest BCUT2D eigenvalue weighted by Gasteiger charge is 2.49. The normalized spacial score (nSPS) is 24.0. The summed E-state index contributed by atoms with van der Waals surface area (Å²) in [5.41, 5.74) is -1.33. The second kappa shape index (κ2) is 7.91. The Bertz CT molecular complexity index is 1180. The Morgan fingerprint density at radius 1 is 1.22 bits per heavy atom. The molecule has 168 valence electrons. The van der Waals surface area contributed by atoms with Gasteiger partial charge in [-0.05, 0) is 18.9 Å². The van der Waals surface area contributed by atoms with Crippen molar-refractivity contribution in [3.8, 4) is 5.75 Å². The molecule has 1 saturated heterocycles. The lowest BCUT2D eigenvalue weighted by Gasteiger charge is -2.37. The number of hydrogen-bond donors (Lipinski definition) is 2. The molecule has 7 nitrogen and oxygen atoms in total. The fraction of sp³-hybridized carbons (Fsp3) is 0.409. The van der Waals surface area contributed by atoms with Crippen LogP contribution in [0.15, 0.2) is 29.2 Å². The lowest BCUT2D eigenvalue weighted by molar-refractivity contribution is 0.0573. The van der Waals surface area contributed by atoms with E-state index in [-0.39, 0.29) is 34.8 Å². The smallest absolute Gasteiger partial charge is 0.275 e. The van der Waals surface area contributed by atoms with Gasteiger partial charge in [0.25, 0.3) is 11.8 Å². The lowest BCUT2D eigenvalue weighted by atomic mass is 9.93. The fourth-order valence-electron chi connectivity index (χ4n) is 4.85. The zero-order chi connectivity index (χ0) is 22.6. The Balaban J connectivity index is 1.42. The van der Waals surface area contributed by atoms with E-state index in [9.17, 15) is 28.3 Å². The van der Waals surface area contributed by atoms with Crippen molar-refractivity contribution in [2.45, 2.75) is 55.4 Å². The maximum Gasteiger partial charge on any atom is 0.275 e. The first-order valence-electron chi connectivity index (χ1n) is 10.5. The molecule has 3 aliphatic rings. The molecular weight excluding hydrogens is 440 g/mol. The van der Waals surface area contributed by atoms with Crippen LogP contribution in [0.5, 0.6) is 5.75 Å². The van der Waals surface area contributed by atoms with Gasteiger partial charge < -0.3 is 19.9 Å². The number of pyridine rings is 1. The predicted octanol–water partition coefficient (Wildman–Crippen LogP) is 2.60. The summed E-state index contributed by atoms with van der Waals surface area (Å²) >= 11 is 1.73. The van der Waals surface area contributed by atoms with Crippen molar-refractivity contribution in [3.63, 3.8) is 0 Å². The minimum atomic E-state index is -0.952. The van der Waals surface area contributed by atoms with Gasteiger partial charge in [-0.2, -0.15) is 0 Å². The van der Waals surface area contributed by atoms with Crippen molar-refractivity contribution in [1.82, 2.24) is 14.8 Å². The Morgan fingerprint density at radius 2 is 2.00 bits per heavy atom. The highest BCUT2D eigenvalue weighted by Crippen LogP contribution is 2.46. The topological polar surface area (TPSA) is 91.6 Å². The molecule has 1 unspecified atom stereocenters. The molecule has 2 aromatic rings. The highest BCUT2D eigenvalue weighted by molar-refractivity contribution is 8.00. The molecule has 1 aliphatic carbocycles. The molecule has 0 radical (unpaired) electrons.